The molecule has 0 saturated carbocycles. The van der Waals surface area contributed by atoms with E-state index >= 15 is 0 Å². The first-order valence-corrected chi connectivity index (χ1v) is 11.7. The zero-order chi connectivity index (χ0) is 22.8. The van der Waals surface area contributed by atoms with Crippen LogP contribution in [0.25, 0.3) is 17.2 Å². The van der Waals surface area contributed by atoms with E-state index in [0.717, 1.165) is 68.8 Å². The second-order valence-electron chi connectivity index (χ2n) is 8.68. The SMILES string of the molecule is CCCN1CCN(C(=O)c2cnn(-c3ncc4c(n3)-c3ccccc3CC4)c2COC)CC1. The van der Waals surface area contributed by atoms with E-state index in [-0.39, 0.29) is 12.5 Å². The molecule has 2 aliphatic rings. The van der Waals surface area contributed by atoms with Crippen molar-refractivity contribution in [3.05, 3.63) is 59.0 Å². The number of carbonyl (C=O) groups is 1. The Morgan fingerprint density at radius 3 is 2.64 bits per heavy atom. The van der Waals surface area contributed by atoms with Crippen LogP contribution in [-0.4, -0.2) is 75.3 Å². The average Bonchev–Trinajstić information content (AvgIpc) is 3.27. The summed E-state index contributed by atoms with van der Waals surface area (Å²) in [6.07, 6.45) is 6.56. The molecule has 0 bridgehead atoms. The number of aryl methyl sites for hydroxylation is 2. The Morgan fingerprint density at radius 2 is 1.85 bits per heavy atom. The number of piperazine rings is 1. The minimum absolute atomic E-state index is 0.00671. The van der Waals surface area contributed by atoms with Gasteiger partial charge in [0, 0.05) is 45.0 Å². The highest BCUT2D eigenvalue weighted by atomic mass is 16.5. The molecular formula is C25H30N6O2. The van der Waals surface area contributed by atoms with Crippen LogP contribution >= 0.6 is 0 Å². The van der Waals surface area contributed by atoms with Crippen LogP contribution in [0, 0.1) is 0 Å². The summed E-state index contributed by atoms with van der Waals surface area (Å²) in [4.78, 5) is 27.2. The van der Waals surface area contributed by atoms with Gasteiger partial charge in [0.2, 0.25) is 0 Å². The van der Waals surface area contributed by atoms with Crippen LogP contribution in [0.2, 0.25) is 0 Å². The highest BCUT2D eigenvalue weighted by molar-refractivity contribution is 5.95. The smallest absolute Gasteiger partial charge is 0.257 e. The fourth-order valence-electron chi connectivity index (χ4n) is 4.82. The Labute approximate surface area is 194 Å². The fourth-order valence-corrected chi connectivity index (χ4v) is 4.82. The van der Waals surface area contributed by atoms with Gasteiger partial charge in [0.05, 0.1) is 29.8 Å². The third kappa shape index (κ3) is 4.16. The lowest BCUT2D eigenvalue weighted by atomic mass is 9.90. The molecule has 8 nitrogen and oxygen atoms in total. The highest BCUT2D eigenvalue weighted by Gasteiger charge is 2.27. The van der Waals surface area contributed by atoms with E-state index in [9.17, 15) is 4.79 Å². The number of amides is 1. The number of fused-ring (bicyclic) bond motifs is 3. The van der Waals surface area contributed by atoms with E-state index in [0.29, 0.717) is 17.2 Å². The van der Waals surface area contributed by atoms with Crippen molar-refractivity contribution >= 4 is 5.91 Å². The van der Waals surface area contributed by atoms with Crippen molar-refractivity contribution in [1.29, 1.82) is 0 Å². The monoisotopic (exact) mass is 446 g/mol. The lowest BCUT2D eigenvalue weighted by Crippen LogP contribution is -2.48. The first-order chi connectivity index (χ1) is 16.2. The molecule has 3 aromatic rings. The molecule has 1 aliphatic carbocycles. The molecule has 1 aromatic carbocycles. The van der Waals surface area contributed by atoms with E-state index < -0.39 is 0 Å². The number of benzene rings is 1. The lowest BCUT2D eigenvalue weighted by molar-refractivity contribution is 0.0633. The highest BCUT2D eigenvalue weighted by Crippen LogP contribution is 2.32. The quantitative estimate of drug-likeness (QED) is 0.580. The van der Waals surface area contributed by atoms with Gasteiger partial charge < -0.3 is 9.64 Å². The molecule has 1 fully saturated rings. The van der Waals surface area contributed by atoms with Crippen molar-refractivity contribution in [1.82, 2.24) is 29.5 Å². The van der Waals surface area contributed by atoms with Gasteiger partial charge >= 0.3 is 0 Å². The first-order valence-electron chi connectivity index (χ1n) is 11.7. The van der Waals surface area contributed by atoms with E-state index in [1.807, 2.05) is 17.2 Å². The molecule has 2 aromatic heterocycles. The van der Waals surface area contributed by atoms with Crippen molar-refractivity contribution in [3.8, 4) is 17.2 Å². The molecule has 0 unspecified atom stereocenters. The maximum atomic E-state index is 13.4. The largest absolute Gasteiger partial charge is 0.378 e. The van der Waals surface area contributed by atoms with Crippen LogP contribution in [0.1, 0.15) is 40.5 Å². The van der Waals surface area contributed by atoms with Crippen molar-refractivity contribution in [2.45, 2.75) is 32.8 Å². The molecule has 1 amide bonds. The van der Waals surface area contributed by atoms with Crippen molar-refractivity contribution in [2.24, 2.45) is 0 Å². The number of aromatic nitrogens is 4. The predicted molar refractivity (Wildman–Crippen MR) is 125 cm³/mol. The number of hydrogen-bond acceptors (Lipinski definition) is 6. The Hall–Kier alpha value is -3.10. The lowest BCUT2D eigenvalue weighted by Gasteiger charge is -2.34. The third-order valence-electron chi connectivity index (χ3n) is 6.56. The summed E-state index contributed by atoms with van der Waals surface area (Å²) in [5.41, 5.74) is 5.76. The molecule has 33 heavy (non-hydrogen) atoms. The van der Waals surface area contributed by atoms with Crippen LogP contribution in [-0.2, 0) is 24.2 Å². The summed E-state index contributed by atoms with van der Waals surface area (Å²) >= 11 is 0. The zero-order valence-corrected chi connectivity index (χ0v) is 19.3. The standard InChI is InChI=1S/C25H30N6O2/c1-3-10-29-11-13-30(14-12-29)24(32)21-16-27-31(22(21)17-33-2)25-26-15-19-9-8-18-6-4-5-7-20(18)23(19)28-25/h4-7,15-16H,3,8-14,17H2,1-2H3. The van der Waals surface area contributed by atoms with Gasteiger partial charge in [0.15, 0.2) is 0 Å². The number of methoxy groups -OCH3 is 1. The molecule has 0 atom stereocenters. The average molecular weight is 447 g/mol. The molecule has 1 saturated heterocycles. The van der Waals surface area contributed by atoms with Crippen LogP contribution in [0.15, 0.2) is 36.7 Å². The summed E-state index contributed by atoms with van der Waals surface area (Å²) < 4.78 is 7.10. The van der Waals surface area contributed by atoms with E-state index in [2.05, 4.69) is 40.1 Å². The summed E-state index contributed by atoms with van der Waals surface area (Å²) in [5.74, 6) is 0.456. The van der Waals surface area contributed by atoms with Crippen molar-refractivity contribution < 1.29 is 9.53 Å². The van der Waals surface area contributed by atoms with Gasteiger partial charge in [-0.1, -0.05) is 31.2 Å². The molecule has 0 N–H and O–H groups in total. The number of rotatable bonds is 6. The maximum absolute atomic E-state index is 13.4. The summed E-state index contributed by atoms with van der Waals surface area (Å²) in [6.45, 7) is 6.78. The van der Waals surface area contributed by atoms with Crippen LogP contribution in [0.3, 0.4) is 0 Å². The van der Waals surface area contributed by atoms with Gasteiger partial charge in [-0.25, -0.2) is 9.97 Å². The Morgan fingerprint density at radius 1 is 1.06 bits per heavy atom. The topological polar surface area (TPSA) is 76.4 Å². The van der Waals surface area contributed by atoms with Gasteiger partial charge in [-0.2, -0.15) is 9.78 Å². The second kappa shape index (κ2) is 9.41. The van der Waals surface area contributed by atoms with Crippen molar-refractivity contribution in [3.63, 3.8) is 0 Å². The van der Waals surface area contributed by atoms with Crippen LogP contribution < -0.4 is 0 Å². The van der Waals surface area contributed by atoms with E-state index in [1.54, 1.807) is 18.0 Å². The van der Waals surface area contributed by atoms with Crippen LogP contribution in [0.5, 0.6) is 0 Å². The third-order valence-corrected chi connectivity index (χ3v) is 6.56. The fraction of sp³-hybridized carbons (Fsp3) is 0.440. The molecular weight excluding hydrogens is 416 g/mol. The number of hydrogen-bond donors (Lipinski definition) is 0. The molecule has 3 heterocycles. The van der Waals surface area contributed by atoms with Crippen molar-refractivity contribution in [2.75, 3.05) is 39.8 Å². The van der Waals surface area contributed by atoms with Crippen LogP contribution in [0.4, 0.5) is 0 Å². The van der Waals surface area contributed by atoms with Gasteiger partial charge in [-0.3, -0.25) is 9.69 Å². The molecule has 172 valence electrons. The minimum atomic E-state index is -0.00671. The summed E-state index contributed by atoms with van der Waals surface area (Å²) in [6, 6.07) is 8.37. The second-order valence-corrected chi connectivity index (χ2v) is 8.68. The first kappa shape index (κ1) is 21.7. The minimum Gasteiger partial charge on any atom is -0.378 e. The molecule has 0 spiro atoms. The Bertz CT molecular complexity index is 1150. The van der Waals surface area contributed by atoms with Gasteiger partial charge in [0.1, 0.15) is 0 Å². The summed E-state index contributed by atoms with van der Waals surface area (Å²) in [5, 5.41) is 4.52. The Kier molecular flexibility index (Phi) is 6.20. The Balaban J connectivity index is 1.46. The van der Waals surface area contributed by atoms with Gasteiger partial charge in [-0.15, -0.1) is 0 Å². The number of nitrogens with zero attached hydrogens (tertiary/aromatic N) is 6. The molecule has 5 rings (SSSR count). The summed E-state index contributed by atoms with van der Waals surface area (Å²) in [7, 11) is 1.62. The maximum Gasteiger partial charge on any atom is 0.257 e. The predicted octanol–water partition coefficient (Wildman–Crippen LogP) is 2.74. The number of carbonyl (C=O) groups excluding carboxylic acids is 1. The number of ether oxygens (including phenoxy) is 1. The van der Waals surface area contributed by atoms with E-state index in [4.69, 9.17) is 9.72 Å². The normalized spacial score (nSPS) is 15.9. The molecule has 0 radical (unpaired) electrons. The van der Waals surface area contributed by atoms with Gasteiger partial charge in [-0.05, 0) is 36.9 Å². The molecule has 1 aliphatic heterocycles. The van der Waals surface area contributed by atoms with E-state index in [1.165, 1.54) is 5.56 Å². The molecule has 8 heteroatoms. The van der Waals surface area contributed by atoms with Gasteiger partial charge in [0.25, 0.3) is 11.9 Å². The zero-order valence-electron chi connectivity index (χ0n) is 19.3.